The van der Waals surface area contributed by atoms with Crippen LogP contribution in [0.2, 0.25) is 0 Å². The van der Waals surface area contributed by atoms with E-state index < -0.39 is 11.6 Å². The number of ether oxygens (including phenoxy) is 1. The highest BCUT2D eigenvalue weighted by Crippen LogP contribution is 2.16. The van der Waals surface area contributed by atoms with E-state index in [1.165, 1.54) is 0 Å². The predicted octanol–water partition coefficient (Wildman–Crippen LogP) is 3.18. The Morgan fingerprint density at radius 2 is 1.79 bits per heavy atom. The predicted molar refractivity (Wildman–Crippen MR) is 73.0 cm³/mol. The lowest BCUT2D eigenvalue weighted by atomic mass is 10.2. The third-order valence-corrected chi connectivity index (χ3v) is 2.78. The third kappa shape index (κ3) is 3.48. The molecule has 0 aromatic heterocycles. The lowest BCUT2D eigenvalue weighted by molar-refractivity contribution is 0.299. The summed E-state index contributed by atoms with van der Waals surface area (Å²) in [5.41, 5.74) is 6.35. The van der Waals surface area contributed by atoms with E-state index in [2.05, 4.69) is 0 Å². The van der Waals surface area contributed by atoms with Crippen LogP contribution in [0.25, 0.3) is 0 Å². The molecule has 0 saturated heterocycles. The number of rotatable bonds is 4. The van der Waals surface area contributed by atoms with Gasteiger partial charge in [-0.2, -0.15) is 0 Å². The highest BCUT2D eigenvalue weighted by atomic mass is 32.1. The van der Waals surface area contributed by atoms with Gasteiger partial charge >= 0.3 is 0 Å². The van der Waals surface area contributed by atoms with Crippen LogP contribution in [0.1, 0.15) is 11.1 Å². The van der Waals surface area contributed by atoms with Crippen molar-refractivity contribution in [1.82, 2.24) is 0 Å². The van der Waals surface area contributed by atoms with Crippen LogP contribution in [0.5, 0.6) is 5.75 Å². The Kier molecular flexibility index (Phi) is 4.06. The molecule has 0 spiro atoms. The zero-order valence-corrected chi connectivity index (χ0v) is 10.7. The van der Waals surface area contributed by atoms with Gasteiger partial charge in [-0.3, -0.25) is 0 Å². The number of hydrogen-bond acceptors (Lipinski definition) is 2. The quantitative estimate of drug-likeness (QED) is 0.873. The SMILES string of the molecule is NC(=S)c1ccc(OCc2cc(F)ccc2F)cc1. The summed E-state index contributed by atoms with van der Waals surface area (Å²) in [6, 6.07) is 10.0. The molecular weight excluding hydrogens is 268 g/mol. The second kappa shape index (κ2) is 5.75. The Hall–Kier alpha value is -2.01. The lowest BCUT2D eigenvalue weighted by Crippen LogP contribution is -2.08. The van der Waals surface area contributed by atoms with Crippen molar-refractivity contribution in [2.45, 2.75) is 6.61 Å². The highest BCUT2D eigenvalue weighted by Gasteiger charge is 2.05. The molecule has 0 unspecified atom stereocenters. The molecule has 2 rings (SSSR count). The van der Waals surface area contributed by atoms with E-state index in [-0.39, 0.29) is 12.2 Å². The van der Waals surface area contributed by atoms with Crippen molar-refractivity contribution < 1.29 is 13.5 Å². The summed E-state index contributed by atoms with van der Waals surface area (Å²) in [5, 5.41) is 0. The van der Waals surface area contributed by atoms with Crippen LogP contribution in [0, 0.1) is 11.6 Å². The van der Waals surface area contributed by atoms with Gasteiger partial charge in [0.1, 0.15) is 29.0 Å². The van der Waals surface area contributed by atoms with E-state index in [0.717, 1.165) is 23.8 Å². The lowest BCUT2D eigenvalue weighted by Gasteiger charge is -2.08. The highest BCUT2D eigenvalue weighted by molar-refractivity contribution is 7.80. The summed E-state index contributed by atoms with van der Waals surface area (Å²) in [6.07, 6.45) is 0. The largest absolute Gasteiger partial charge is 0.489 e. The molecule has 0 bridgehead atoms. The fourth-order valence-corrected chi connectivity index (χ4v) is 1.67. The molecule has 0 amide bonds. The van der Waals surface area contributed by atoms with Crippen molar-refractivity contribution in [3.05, 3.63) is 65.2 Å². The van der Waals surface area contributed by atoms with Crippen molar-refractivity contribution in [2.24, 2.45) is 5.73 Å². The van der Waals surface area contributed by atoms with E-state index in [0.29, 0.717) is 10.7 Å². The normalized spacial score (nSPS) is 10.2. The Balaban J connectivity index is 2.06. The number of nitrogens with two attached hydrogens (primary N) is 1. The molecule has 5 heteroatoms. The number of benzene rings is 2. The van der Waals surface area contributed by atoms with Gasteiger partial charge in [0, 0.05) is 11.1 Å². The summed E-state index contributed by atoms with van der Waals surface area (Å²) < 4.78 is 31.7. The second-order valence-electron chi connectivity index (χ2n) is 3.91. The monoisotopic (exact) mass is 279 g/mol. The molecule has 2 aromatic carbocycles. The van der Waals surface area contributed by atoms with Crippen LogP contribution in [0.15, 0.2) is 42.5 Å². The van der Waals surface area contributed by atoms with Crippen LogP contribution in [0.3, 0.4) is 0 Å². The molecule has 0 saturated carbocycles. The van der Waals surface area contributed by atoms with E-state index in [1.807, 2.05) is 0 Å². The molecule has 0 radical (unpaired) electrons. The summed E-state index contributed by atoms with van der Waals surface area (Å²) >= 11 is 4.82. The van der Waals surface area contributed by atoms with Gasteiger partial charge in [-0.25, -0.2) is 8.78 Å². The van der Waals surface area contributed by atoms with E-state index in [1.54, 1.807) is 24.3 Å². The van der Waals surface area contributed by atoms with E-state index in [9.17, 15) is 8.78 Å². The van der Waals surface area contributed by atoms with Crippen LogP contribution in [-0.4, -0.2) is 4.99 Å². The number of hydrogen-bond donors (Lipinski definition) is 1. The number of halogens is 2. The summed E-state index contributed by atoms with van der Waals surface area (Å²) in [7, 11) is 0. The van der Waals surface area contributed by atoms with Gasteiger partial charge in [0.15, 0.2) is 0 Å². The molecule has 19 heavy (non-hydrogen) atoms. The molecule has 2 N–H and O–H groups in total. The van der Waals surface area contributed by atoms with Gasteiger partial charge in [0.25, 0.3) is 0 Å². The second-order valence-corrected chi connectivity index (χ2v) is 4.35. The average Bonchev–Trinajstić information content (AvgIpc) is 2.40. The van der Waals surface area contributed by atoms with Gasteiger partial charge in [0.2, 0.25) is 0 Å². The minimum atomic E-state index is -0.499. The molecule has 0 aliphatic carbocycles. The van der Waals surface area contributed by atoms with Gasteiger partial charge in [0.05, 0.1) is 0 Å². The molecular formula is C14H11F2NOS. The number of thiocarbonyl (C=S) groups is 1. The van der Waals surface area contributed by atoms with Crippen molar-refractivity contribution in [3.8, 4) is 5.75 Å². The van der Waals surface area contributed by atoms with Gasteiger partial charge in [-0.05, 0) is 42.5 Å². The Morgan fingerprint density at radius 1 is 1.11 bits per heavy atom. The minimum absolute atomic E-state index is 0.0456. The first-order valence-electron chi connectivity index (χ1n) is 5.53. The smallest absolute Gasteiger partial charge is 0.130 e. The zero-order chi connectivity index (χ0) is 13.8. The minimum Gasteiger partial charge on any atom is -0.489 e. The first-order chi connectivity index (χ1) is 9.06. The molecule has 98 valence electrons. The third-order valence-electron chi connectivity index (χ3n) is 2.54. The van der Waals surface area contributed by atoms with Gasteiger partial charge in [-0.1, -0.05) is 12.2 Å². The fourth-order valence-electron chi connectivity index (χ4n) is 1.53. The van der Waals surface area contributed by atoms with Crippen LogP contribution in [-0.2, 0) is 6.61 Å². The topological polar surface area (TPSA) is 35.2 Å². The van der Waals surface area contributed by atoms with Crippen LogP contribution in [0.4, 0.5) is 8.78 Å². The van der Waals surface area contributed by atoms with Crippen molar-refractivity contribution in [2.75, 3.05) is 0 Å². The standard InChI is InChI=1S/C14H11F2NOS/c15-11-3-6-13(16)10(7-11)8-18-12-4-1-9(2-5-12)14(17)19/h1-7H,8H2,(H2,17,19). The van der Waals surface area contributed by atoms with Crippen LogP contribution < -0.4 is 10.5 Å². The maximum Gasteiger partial charge on any atom is 0.130 e. The fraction of sp³-hybridized carbons (Fsp3) is 0.0714. The zero-order valence-electron chi connectivity index (χ0n) is 9.90. The van der Waals surface area contributed by atoms with Gasteiger partial charge < -0.3 is 10.5 Å². The molecule has 0 heterocycles. The Bertz CT molecular complexity index is 599. The Labute approximate surface area is 114 Å². The molecule has 0 atom stereocenters. The maximum absolute atomic E-state index is 13.4. The van der Waals surface area contributed by atoms with E-state index in [4.69, 9.17) is 22.7 Å². The van der Waals surface area contributed by atoms with Crippen molar-refractivity contribution >= 4 is 17.2 Å². The Morgan fingerprint density at radius 3 is 2.42 bits per heavy atom. The molecule has 0 fully saturated rings. The first kappa shape index (κ1) is 13.4. The van der Waals surface area contributed by atoms with Crippen LogP contribution >= 0.6 is 12.2 Å². The van der Waals surface area contributed by atoms with Crippen molar-refractivity contribution in [3.63, 3.8) is 0 Å². The summed E-state index contributed by atoms with van der Waals surface area (Å²) in [5.74, 6) is -0.464. The average molecular weight is 279 g/mol. The summed E-state index contributed by atoms with van der Waals surface area (Å²) in [4.78, 5) is 0.294. The van der Waals surface area contributed by atoms with Crippen molar-refractivity contribution in [1.29, 1.82) is 0 Å². The molecule has 0 aliphatic rings. The molecule has 2 aromatic rings. The van der Waals surface area contributed by atoms with E-state index >= 15 is 0 Å². The molecule has 0 aliphatic heterocycles. The first-order valence-corrected chi connectivity index (χ1v) is 5.93. The van der Waals surface area contributed by atoms with Gasteiger partial charge in [-0.15, -0.1) is 0 Å². The summed E-state index contributed by atoms with van der Waals surface area (Å²) in [6.45, 7) is -0.0456. The maximum atomic E-state index is 13.4. The molecule has 2 nitrogen and oxygen atoms in total.